The van der Waals surface area contributed by atoms with E-state index in [4.69, 9.17) is 4.74 Å². The third-order valence-electron chi connectivity index (χ3n) is 4.31. The predicted molar refractivity (Wildman–Crippen MR) is 88.8 cm³/mol. The maximum atomic E-state index is 12.6. The predicted octanol–water partition coefficient (Wildman–Crippen LogP) is 1.20. The summed E-state index contributed by atoms with van der Waals surface area (Å²) in [6.45, 7) is 6.53. The Bertz CT molecular complexity index is 781. The molecule has 1 aliphatic rings. The van der Waals surface area contributed by atoms with Crippen molar-refractivity contribution in [2.75, 3.05) is 13.1 Å². The highest BCUT2D eigenvalue weighted by Gasteiger charge is 2.30. The molecule has 2 aromatic rings. The van der Waals surface area contributed by atoms with Crippen molar-refractivity contribution in [2.45, 2.75) is 20.4 Å². The van der Waals surface area contributed by atoms with E-state index < -0.39 is 0 Å². The highest BCUT2D eigenvalue weighted by Crippen LogP contribution is 2.38. The maximum Gasteiger partial charge on any atom is 0.231 e. The molecule has 0 bridgehead atoms. The van der Waals surface area contributed by atoms with Crippen LogP contribution in [0.5, 0.6) is 11.5 Å². The Labute approximate surface area is 141 Å². The van der Waals surface area contributed by atoms with Gasteiger partial charge in [-0.1, -0.05) is 17.9 Å². The Balaban J connectivity index is 1.98. The van der Waals surface area contributed by atoms with Crippen LogP contribution >= 0.6 is 0 Å². The summed E-state index contributed by atoms with van der Waals surface area (Å²) in [7, 11) is 0. The van der Waals surface area contributed by atoms with Gasteiger partial charge in [-0.25, -0.2) is 0 Å². The minimum atomic E-state index is -0.190. The number of aromatic nitrogens is 1. The first-order valence-electron chi connectivity index (χ1n) is 8.14. The third-order valence-corrected chi connectivity index (χ3v) is 4.31. The molecule has 2 heterocycles. The molecular weight excluding hydrogens is 304 g/mol. The van der Waals surface area contributed by atoms with E-state index in [0.29, 0.717) is 23.4 Å². The van der Waals surface area contributed by atoms with Crippen LogP contribution in [0.3, 0.4) is 0 Å². The number of nitrogens with zero attached hydrogens (tertiary/aromatic N) is 1. The molecule has 1 N–H and O–H groups in total. The molecular formula is C19H20N2O3. The average Bonchev–Trinajstić information content (AvgIpc) is 2.91. The molecule has 1 aromatic carbocycles. The van der Waals surface area contributed by atoms with Crippen molar-refractivity contribution >= 4 is 11.9 Å². The van der Waals surface area contributed by atoms with Crippen LogP contribution in [-0.4, -0.2) is 23.9 Å². The first kappa shape index (κ1) is 16.2. The van der Waals surface area contributed by atoms with E-state index >= 15 is 0 Å². The number of benzene rings is 1. The molecule has 3 rings (SSSR count). The van der Waals surface area contributed by atoms with Gasteiger partial charge >= 0.3 is 0 Å². The lowest BCUT2D eigenvalue weighted by Crippen LogP contribution is -3.10. The molecule has 0 spiro atoms. The first-order valence-corrected chi connectivity index (χ1v) is 8.14. The standard InChI is InChI=1S/C19H20N2O3/c1-3-21(4-2)12-15-16(22)8-7-14-18(23)17(24-19(14)15)10-13-6-5-9-20-11-13/h5-11,22H,3-4,12H2,1-2H3/b17-10-. The topological polar surface area (TPSA) is 66.7 Å². The number of carbonyl (C=O) groups excluding carboxylic acids is 1. The summed E-state index contributed by atoms with van der Waals surface area (Å²) < 4.78 is 5.80. The molecule has 1 aromatic heterocycles. The molecule has 0 amide bonds. The van der Waals surface area contributed by atoms with Crippen molar-refractivity contribution in [1.29, 1.82) is 0 Å². The molecule has 0 radical (unpaired) electrons. The molecule has 1 aliphatic heterocycles. The van der Waals surface area contributed by atoms with Gasteiger partial charge in [0, 0.05) is 18.0 Å². The van der Waals surface area contributed by atoms with Crippen LogP contribution in [0.15, 0.2) is 42.4 Å². The molecule has 0 saturated carbocycles. The van der Waals surface area contributed by atoms with Crippen molar-refractivity contribution in [3.05, 3.63) is 59.1 Å². The van der Waals surface area contributed by atoms with Gasteiger partial charge in [0.25, 0.3) is 0 Å². The van der Waals surface area contributed by atoms with Crippen molar-refractivity contribution in [3.8, 4) is 11.5 Å². The molecule has 5 heteroatoms. The van der Waals surface area contributed by atoms with Gasteiger partial charge in [-0.2, -0.15) is 0 Å². The van der Waals surface area contributed by atoms with Gasteiger partial charge in [0.05, 0.1) is 18.7 Å². The Morgan fingerprint density at radius 1 is 1.25 bits per heavy atom. The van der Waals surface area contributed by atoms with Crippen molar-refractivity contribution in [1.82, 2.24) is 4.98 Å². The van der Waals surface area contributed by atoms with Crippen LogP contribution < -0.4 is 14.7 Å². The van der Waals surface area contributed by atoms with Crippen LogP contribution in [0.25, 0.3) is 6.08 Å². The molecule has 24 heavy (non-hydrogen) atoms. The molecule has 124 valence electrons. The van der Waals surface area contributed by atoms with E-state index in [9.17, 15) is 9.90 Å². The number of Topliss-reactive ketones (excluding diaryl/α,β-unsaturated/α-hetero) is 1. The quantitative estimate of drug-likeness (QED) is 0.839. The molecule has 0 aliphatic carbocycles. The van der Waals surface area contributed by atoms with Gasteiger partial charge in [-0.05, 0) is 37.6 Å². The van der Waals surface area contributed by atoms with Gasteiger partial charge in [0.1, 0.15) is 12.3 Å². The van der Waals surface area contributed by atoms with E-state index in [0.717, 1.165) is 18.7 Å². The Morgan fingerprint density at radius 2 is 2.04 bits per heavy atom. The average molecular weight is 324 g/mol. The SMILES string of the molecule is CC[NH+](CC)Cc1c([O-])ccc2c1O/C(=C\c1cccnc1)C2=O. The molecule has 0 saturated heterocycles. The summed E-state index contributed by atoms with van der Waals surface area (Å²) in [4.78, 5) is 17.9. The normalized spacial score (nSPS) is 15.0. The van der Waals surface area contributed by atoms with Gasteiger partial charge in [-0.3, -0.25) is 9.78 Å². The number of pyridine rings is 1. The summed E-state index contributed by atoms with van der Waals surface area (Å²) in [6.07, 6.45) is 4.99. The zero-order valence-corrected chi connectivity index (χ0v) is 13.8. The fraction of sp³-hybridized carbons (Fsp3) is 0.263. The van der Waals surface area contributed by atoms with E-state index in [1.807, 2.05) is 6.07 Å². The number of quaternary nitrogens is 1. The van der Waals surface area contributed by atoms with Crippen LogP contribution in [-0.2, 0) is 6.54 Å². The zero-order valence-electron chi connectivity index (χ0n) is 13.8. The van der Waals surface area contributed by atoms with Crippen molar-refractivity contribution in [3.63, 3.8) is 0 Å². The largest absolute Gasteiger partial charge is 0.872 e. The lowest BCUT2D eigenvalue weighted by Gasteiger charge is -2.21. The first-order chi connectivity index (χ1) is 11.6. The second-order valence-corrected chi connectivity index (χ2v) is 5.78. The minimum absolute atomic E-state index is 0.0800. The van der Waals surface area contributed by atoms with Gasteiger partial charge in [0.15, 0.2) is 5.76 Å². The second-order valence-electron chi connectivity index (χ2n) is 5.78. The van der Waals surface area contributed by atoms with Crippen LogP contribution in [0.2, 0.25) is 0 Å². The van der Waals surface area contributed by atoms with Gasteiger partial charge < -0.3 is 14.7 Å². The number of nitrogens with one attached hydrogen (secondary N) is 1. The Kier molecular flexibility index (Phi) is 4.62. The van der Waals surface area contributed by atoms with E-state index in [2.05, 4.69) is 18.8 Å². The smallest absolute Gasteiger partial charge is 0.231 e. The summed E-state index contributed by atoms with van der Waals surface area (Å²) >= 11 is 0. The van der Waals surface area contributed by atoms with Crippen LogP contribution in [0, 0.1) is 0 Å². The highest BCUT2D eigenvalue weighted by molar-refractivity contribution is 6.14. The lowest BCUT2D eigenvalue weighted by molar-refractivity contribution is -0.910. The van der Waals surface area contributed by atoms with Gasteiger partial charge in [-0.15, -0.1) is 0 Å². The molecule has 5 nitrogen and oxygen atoms in total. The Morgan fingerprint density at radius 3 is 2.71 bits per heavy atom. The number of hydrogen-bond acceptors (Lipinski definition) is 4. The number of ether oxygens (including phenoxy) is 1. The van der Waals surface area contributed by atoms with E-state index in [1.54, 1.807) is 30.6 Å². The highest BCUT2D eigenvalue weighted by atomic mass is 16.5. The summed E-state index contributed by atoms with van der Waals surface area (Å²) in [5, 5.41) is 12.3. The number of rotatable bonds is 5. The van der Waals surface area contributed by atoms with Crippen LogP contribution in [0.1, 0.15) is 35.3 Å². The fourth-order valence-electron chi connectivity index (χ4n) is 2.82. The summed E-state index contributed by atoms with van der Waals surface area (Å²) in [5.41, 5.74) is 1.83. The number of hydrogen-bond donors (Lipinski definition) is 1. The molecule has 0 fully saturated rings. The van der Waals surface area contributed by atoms with E-state index in [-0.39, 0.29) is 17.3 Å². The lowest BCUT2D eigenvalue weighted by atomic mass is 10.0. The molecule has 0 unspecified atom stereocenters. The number of ketones is 1. The monoisotopic (exact) mass is 324 g/mol. The summed E-state index contributed by atoms with van der Waals surface area (Å²) in [5.74, 6) is 0.384. The fourth-order valence-corrected chi connectivity index (χ4v) is 2.82. The number of carbonyl (C=O) groups is 1. The van der Waals surface area contributed by atoms with Gasteiger partial charge in [0.2, 0.25) is 5.78 Å². The number of fused-ring (bicyclic) bond motifs is 1. The number of allylic oxidation sites excluding steroid dienone is 1. The zero-order chi connectivity index (χ0) is 17.1. The van der Waals surface area contributed by atoms with E-state index in [1.165, 1.54) is 11.0 Å². The Hall–Kier alpha value is -2.66. The minimum Gasteiger partial charge on any atom is -0.872 e. The maximum absolute atomic E-state index is 12.6. The summed E-state index contributed by atoms with van der Waals surface area (Å²) in [6, 6.07) is 6.67. The van der Waals surface area contributed by atoms with Crippen molar-refractivity contribution in [2.24, 2.45) is 0 Å². The molecule has 0 atom stereocenters. The van der Waals surface area contributed by atoms with Crippen LogP contribution in [0.4, 0.5) is 0 Å². The third kappa shape index (κ3) is 3.03. The second kappa shape index (κ2) is 6.84. The van der Waals surface area contributed by atoms with Crippen molar-refractivity contribution < 1.29 is 19.5 Å².